The number of hydrogen-bond acceptors (Lipinski definition) is 6. The van der Waals surface area contributed by atoms with Crippen molar-refractivity contribution in [2.75, 3.05) is 32.2 Å². The average molecular weight is 527 g/mol. The number of carbonyl (C=O) groups is 1. The number of nitrogens with one attached hydrogen (secondary N) is 1. The Kier molecular flexibility index (Phi) is 8.43. The summed E-state index contributed by atoms with van der Waals surface area (Å²) in [5, 5.41) is 8.26. The van der Waals surface area contributed by atoms with E-state index in [1.54, 1.807) is 66.4 Å². The van der Waals surface area contributed by atoms with Crippen LogP contribution in [0.15, 0.2) is 66.7 Å². The first-order valence-corrected chi connectivity index (χ1v) is 11.9. The number of nitrogens with zero attached hydrogens (tertiary/aromatic N) is 3. The normalized spacial score (nSPS) is 10.8. The molecule has 0 fully saturated rings. The predicted octanol–water partition coefficient (Wildman–Crippen LogP) is 5.92. The number of carbonyl (C=O) groups excluding carboxylic acids is 1. The molecule has 0 aliphatic heterocycles. The number of hydrogen-bond donors (Lipinski definition) is 1. The second-order valence-electron chi connectivity index (χ2n) is 7.54. The molecule has 4 rings (SSSR count). The van der Waals surface area contributed by atoms with E-state index in [1.807, 2.05) is 19.1 Å². The molecule has 1 amide bonds. The molecule has 0 spiro atoms. The summed E-state index contributed by atoms with van der Waals surface area (Å²) in [6.07, 6.45) is 0. The third-order valence-electron chi connectivity index (χ3n) is 5.11. The molecule has 1 heterocycles. The molecular weight excluding hydrogens is 503 g/mol. The van der Waals surface area contributed by atoms with Crippen LogP contribution < -0.4 is 14.8 Å². The maximum Gasteiger partial charge on any atom is 0.336 e. The zero-order valence-electron chi connectivity index (χ0n) is 19.7. The van der Waals surface area contributed by atoms with Gasteiger partial charge >= 0.3 is 6.01 Å². The van der Waals surface area contributed by atoms with Crippen molar-refractivity contribution in [2.45, 2.75) is 6.92 Å². The van der Waals surface area contributed by atoms with Gasteiger partial charge in [-0.15, -0.1) is 5.10 Å². The van der Waals surface area contributed by atoms with Crippen LogP contribution in [0.1, 0.15) is 17.3 Å². The van der Waals surface area contributed by atoms with E-state index in [1.165, 1.54) is 0 Å². The van der Waals surface area contributed by atoms with Crippen LogP contribution in [-0.2, 0) is 4.74 Å². The van der Waals surface area contributed by atoms with Gasteiger partial charge in [-0.25, -0.2) is 4.68 Å². The number of ether oxygens (including phenoxy) is 3. The van der Waals surface area contributed by atoms with Gasteiger partial charge in [-0.05, 0) is 61.5 Å². The van der Waals surface area contributed by atoms with Crippen molar-refractivity contribution < 1.29 is 19.0 Å². The largest absolute Gasteiger partial charge is 0.497 e. The number of rotatable bonds is 10. The van der Waals surface area contributed by atoms with Gasteiger partial charge in [0.05, 0.1) is 29.4 Å². The highest BCUT2D eigenvalue weighted by molar-refractivity contribution is 6.42. The molecule has 4 aromatic rings. The molecule has 0 bridgehead atoms. The van der Waals surface area contributed by atoms with Gasteiger partial charge in [-0.1, -0.05) is 35.3 Å². The first-order valence-electron chi connectivity index (χ1n) is 11.2. The average Bonchev–Trinajstić information content (AvgIpc) is 3.32. The lowest BCUT2D eigenvalue weighted by molar-refractivity contribution is 0.102. The molecule has 1 aromatic heterocycles. The third kappa shape index (κ3) is 6.15. The molecule has 186 valence electrons. The molecule has 0 aliphatic rings. The lowest BCUT2D eigenvalue weighted by Gasteiger charge is -2.10. The van der Waals surface area contributed by atoms with Crippen molar-refractivity contribution in [2.24, 2.45) is 0 Å². The van der Waals surface area contributed by atoms with Crippen LogP contribution in [0.3, 0.4) is 0 Å². The fourth-order valence-electron chi connectivity index (χ4n) is 3.38. The number of methoxy groups -OCH3 is 1. The van der Waals surface area contributed by atoms with Crippen LogP contribution in [0.4, 0.5) is 5.69 Å². The summed E-state index contributed by atoms with van der Waals surface area (Å²) in [5.74, 6) is 0.827. The minimum atomic E-state index is -0.269. The Morgan fingerprint density at radius 1 is 1.00 bits per heavy atom. The molecule has 0 atom stereocenters. The summed E-state index contributed by atoms with van der Waals surface area (Å²) in [5.41, 5.74) is 2.41. The van der Waals surface area contributed by atoms with Crippen molar-refractivity contribution in [1.29, 1.82) is 0 Å². The van der Waals surface area contributed by atoms with E-state index >= 15 is 0 Å². The molecule has 0 radical (unpaired) electrons. The quantitative estimate of drug-likeness (QED) is 0.258. The van der Waals surface area contributed by atoms with E-state index in [0.29, 0.717) is 63.9 Å². The van der Waals surface area contributed by atoms with Crippen LogP contribution in [0, 0.1) is 0 Å². The van der Waals surface area contributed by atoms with Crippen LogP contribution in [0.25, 0.3) is 17.1 Å². The predicted molar refractivity (Wildman–Crippen MR) is 140 cm³/mol. The third-order valence-corrected chi connectivity index (χ3v) is 5.85. The fraction of sp³-hybridized carbons (Fsp3) is 0.192. The van der Waals surface area contributed by atoms with Gasteiger partial charge in [-0.2, -0.15) is 4.98 Å². The summed E-state index contributed by atoms with van der Waals surface area (Å²) in [7, 11) is 1.55. The molecule has 0 saturated heterocycles. The monoisotopic (exact) mass is 526 g/mol. The van der Waals surface area contributed by atoms with Crippen molar-refractivity contribution in [3.63, 3.8) is 0 Å². The molecule has 10 heteroatoms. The van der Waals surface area contributed by atoms with E-state index in [9.17, 15) is 4.79 Å². The van der Waals surface area contributed by atoms with Crippen LogP contribution >= 0.6 is 23.2 Å². The summed E-state index contributed by atoms with van der Waals surface area (Å²) in [6, 6.07) is 19.5. The Morgan fingerprint density at radius 3 is 2.61 bits per heavy atom. The maximum atomic E-state index is 12.8. The summed E-state index contributed by atoms with van der Waals surface area (Å²) in [4.78, 5) is 17.4. The van der Waals surface area contributed by atoms with E-state index in [0.717, 1.165) is 0 Å². The Morgan fingerprint density at radius 2 is 1.83 bits per heavy atom. The van der Waals surface area contributed by atoms with Crippen LogP contribution in [0.5, 0.6) is 11.8 Å². The molecular formula is C26H24Cl2N4O4. The second kappa shape index (κ2) is 11.9. The standard InChI is InChI=1S/C26H24Cl2N4O4/c1-3-35-12-13-36-26-30-24(17-10-11-22(27)23(28)15-17)32(31-26)20-8-5-7-19(16-20)29-25(33)18-6-4-9-21(14-18)34-2/h4-11,14-16H,3,12-13H2,1-2H3,(H,29,33). The number of halogens is 2. The highest BCUT2D eigenvalue weighted by atomic mass is 35.5. The van der Waals surface area contributed by atoms with Crippen molar-refractivity contribution in [3.05, 3.63) is 82.3 Å². The number of amides is 1. The number of aromatic nitrogens is 3. The van der Waals surface area contributed by atoms with Crippen molar-refractivity contribution >= 4 is 34.8 Å². The summed E-state index contributed by atoms with van der Waals surface area (Å²) >= 11 is 12.4. The molecule has 8 nitrogen and oxygen atoms in total. The van der Waals surface area contributed by atoms with Gasteiger partial charge in [0, 0.05) is 23.4 Å². The van der Waals surface area contributed by atoms with E-state index in [4.69, 9.17) is 37.4 Å². The molecule has 0 unspecified atom stereocenters. The Bertz CT molecular complexity index is 1360. The van der Waals surface area contributed by atoms with Gasteiger partial charge in [0.25, 0.3) is 5.91 Å². The summed E-state index contributed by atoms with van der Waals surface area (Å²) < 4.78 is 17.9. The summed E-state index contributed by atoms with van der Waals surface area (Å²) in [6.45, 7) is 3.22. The smallest absolute Gasteiger partial charge is 0.336 e. The van der Waals surface area contributed by atoms with E-state index in [-0.39, 0.29) is 11.9 Å². The lowest BCUT2D eigenvalue weighted by atomic mass is 10.2. The Hall–Kier alpha value is -3.59. The first-order chi connectivity index (χ1) is 17.5. The maximum absolute atomic E-state index is 12.8. The van der Waals surface area contributed by atoms with Crippen molar-refractivity contribution in [1.82, 2.24) is 14.8 Å². The fourth-order valence-corrected chi connectivity index (χ4v) is 3.67. The topological polar surface area (TPSA) is 87.5 Å². The Labute approximate surface area is 218 Å². The zero-order valence-corrected chi connectivity index (χ0v) is 21.2. The van der Waals surface area contributed by atoms with Gasteiger partial charge in [0.2, 0.25) is 0 Å². The van der Waals surface area contributed by atoms with E-state index in [2.05, 4.69) is 15.4 Å². The second-order valence-corrected chi connectivity index (χ2v) is 8.35. The first kappa shape index (κ1) is 25.5. The van der Waals surface area contributed by atoms with Gasteiger partial charge < -0.3 is 19.5 Å². The van der Waals surface area contributed by atoms with Crippen molar-refractivity contribution in [3.8, 4) is 28.8 Å². The number of benzene rings is 3. The molecule has 0 saturated carbocycles. The minimum Gasteiger partial charge on any atom is -0.497 e. The SMILES string of the molecule is CCOCCOc1nc(-c2ccc(Cl)c(Cl)c2)n(-c2cccc(NC(=O)c3cccc(OC)c3)c2)n1. The van der Waals surface area contributed by atoms with Gasteiger partial charge in [0.15, 0.2) is 5.82 Å². The zero-order chi connectivity index (χ0) is 25.5. The number of anilines is 1. The van der Waals surface area contributed by atoms with Gasteiger partial charge in [-0.3, -0.25) is 4.79 Å². The molecule has 0 aliphatic carbocycles. The molecule has 36 heavy (non-hydrogen) atoms. The highest BCUT2D eigenvalue weighted by Gasteiger charge is 2.17. The molecule has 1 N–H and O–H groups in total. The highest BCUT2D eigenvalue weighted by Crippen LogP contribution is 2.30. The lowest BCUT2D eigenvalue weighted by Crippen LogP contribution is -2.12. The van der Waals surface area contributed by atoms with Crippen LogP contribution in [-0.4, -0.2) is 47.6 Å². The van der Waals surface area contributed by atoms with Crippen LogP contribution in [0.2, 0.25) is 10.0 Å². The minimum absolute atomic E-state index is 0.182. The van der Waals surface area contributed by atoms with E-state index < -0.39 is 0 Å². The Balaban J connectivity index is 1.65. The van der Waals surface area contributed by atoms with Gasteiger partial charge in [0.1, 0.15) is 12.4 Å². The molecule has 3 aromatic carbocycles.